The number of aryl methyl sites for hydroxylation is 1. The molecule has 39 heavy (non-hydrogen) atoms. The lowest BCUT2D eigenvalue weighted by atomic mass is 9.99. The van der Waals surface area contributed by atoms with Crippen molar-refractivity contribution in [2.24, 2.45) is 0 Å². The van der Waals surface area contributed by atoms with Gasteiger partial charge in [0.25, 0.3) is 11.5 Å². The van der Waals surface area contributed by atoms with Crippen molar-refractivity contribution >= 4 is 46.1 Å². The number of nitriles is 1. The summed E-state index contributed by atoms with van der Waals surface area (Å²) in [4.78, 5) is 41.0. The van der Waals surface area contributed by atoms with Gasteiger partial charge in [-0.2, -0.15) is 5.26 Å². The minimum atomic E-state index is -0.652. The fourth-order valence-electron chi connectivity index (χ4n) is 4.26. The van der Waals surface area contributed by atoms with E-state index in [9.17, 15) is 24.8 Å². The van der Waals surface area contributed by atoms with Gasteiger partial charge in [0, 0.05) is 19.5 Å². The third kappa shape index (κ3) is 5.95. The standard InChI is InChI=1S/C29H25N3O5S2/c1-18-22(17-30)26(34)31(14-12-19-6-4-3-5-7-19)28(36)25(18)23(33)13-15-32-27(35)24(39-29(32)38)16-20-8-10-21(37-2)11-9-20/h3-11,16,36H,12-15H2,1-2H3/b24-16-. The van der Waals surface area contributed by atoms with Crippen LogP contribution in [0.25, 0.3) is 6.08 Å². The molecule has 1 fully saturated rings. The molecule has 1 amide bonds. The Morgan fingerprint density at radius 3 is 2.46 bits per heavy atom. The van der Waals surface area contributed by atoms with Crippen LogP contribution in [0.1, 0.15) is 39.0 Å². The van der Waals surface area contributed by atoms with E-state index in [2.05, 4.69) is 0 Å². The van der Waals surface area contributed by atoms with Gasteiger partial charge in [-0.15, -0.1) is 0 Å². The monoisotopic (exact) mass is 559 g/mol. The van der Waals surface area contributed by atoms with Crippen LogP contribution in [0, 0.1) is 18.3 Å². The van der Waals surface area contributed by atoms with Crippen LogP contribution in [0.5, 0.6) is 11.6 Å². The smallest absolute Gasteiger partial charge is 0.271 e. The maximum absolute atomic E-state index is 13.3. The second kappa shape index (κ2) is 12.1. The van der Waals surface area contributed by atoms with Gasteiger partial charge in [0.1, 0.15) is 21.7 Å². The van der Waals surface area contributed by atoms with Gasteiger partial charge in [0.05, 0.1) is 17.6 Å². The fourth-order valence-corrected chi connectivity index (χ4v) is 5.57. The number of ketones is 1. The van der Waals surface area contributed by atoms with E-state index < -0.39 is 17.2 Å². The van der Waals surface area contributed by atoms with Crippen molar-refractivity contribution in [2.75, 3.05) is 13.7 Å². The van der Waals surface area contributed by atoms with Crippen LogP contribution in [0.3, 0.4) is 0 Å². The molecular weight excluding hydrogens is 534 g/mol. The van der Waals surface area contributed by atoms with E-state index in [0.717, 1.165) is 27.5 Å². The van der Waals surface area contributed by atoms with Crippen LogP contribution in [0.15, 0.2) is 64.3 Å². The molecule has 3 aromatic rings. The molecule has 8 nitrogen and oxygen atoms in total. The molecule has 2 heterocycles. The Morgan fingerprint density at radius 2 is 1.82 bits per heavy atom. The normalized spacial score (nSPS) is 14.1. The Labute approximate surface area is 235 Å². The van der Waals surface area contributed by atoms with E-state index >= 15 is 0 Å². The average molecular weight is 560 g/mol. The second-order valence-electron chi connectivity index (χ2n) is 8.78. The number of methoxy groups -OCH3 is 1. The number of aromatic nitrogens is 1. The highest BCUT2D eigenvalue weighted by molar-refractivity contribution is 8.26. The number of rotatable bonds is 9. The number of ether oxygens (including phenoxy) is 1. The number of hydrogen-bond acceptors (Lipinski definition) is 8. The van der Waals surface area contributed by atoms with Gasteiger partial charge >= 0.3 is 0 Å². The van der Waals surface area contributed by atoms with Crippen molar-refractivity contribution in [3.05, 3.63) is 97.7 Å². The van der Waals surface area contributed by atoms with Crippen LogP contribution in [-0.4, -0.2) is 44.2 Å². The molecule has 0 aliphatic carbocycles. The summed E-state index contributed by atoms with van der Waals surface area (Å²) in [5.74, 6) is -0.604. The Kier molecular flexibility index (Phi) is 8.64. The molecule has 0 saturated carbocycles. The summed E-state index contributed by atoms with van der Waals surface area (Å²) in [6, 6.07) is 18.5. The van der Waals surface area contributed by atoms with Gasteiger partial charge in [-0.3, -0.25) is 23.9 Å². The zero-order valence-electron chi connectivity index (χ0n) is 21.3. The Morgan fingerprint density at radius 1 is 1.13 bits per heavy atom. The summed E-state index contributed by atoms with van der Waals surface area (Å²) in [6.07, 6.45) is 1.99. The van der Waals surface area contributed by atoms with Crippen molar-refractivity contribution in [3.63, 3.8) is 0 Å². The highest BCUT2D eigenvalue weighted by Gasteiger charge is 2.33. The maximum Gasteiger partial charge on any atom is 0.271 e. The lowest BCUT2D eigenvalue weighted by Crippen LogP contribution is -2.31. The Bertz CT molecular complexity index is 1570. The summed E-state index contributed by atoms with van der Waals surface area (Å²) < 4.78 is 6.53. The molecule has 1 aromatic heterocycles. The summed E-state index contributed by atoms with van der Waals surface area (Å²) in [5, 5.41) is 20.6. The highest BCUT2D eigenvalue weighted by Crippen LogP contribution is 2.33. The Balaban J connectivity index is 1.53. The molecular formula is C29H25N3O5S2. The predicted octanol–water partition coefficient (Wildman–Crippen LogP) is 4.46. The van der Waals surface area contributed by atoms with Crippen molar-refractivity contribution in [1.29, 1.82) is 5.26 Å². The van der Waals surface area contributed by atoms with E-state index in [4.69, 9.17) is 17.0 Å². The topological polar surface area (TPSA) is 113 Å². The Hall–Kier alpha value is -4.20. The third-order valence-electron chi connectivity index (χ3n) is 6.40. The molecule has 0 radical (unpaired) electrons. The third-order valence-corrected chi connectivity index (χ3v) is 7.77. The number of carbonyl (C=O) groups is 2. The van der Waals surface area contributed by atoms with E-state index in [1.54, 1.807) is 25.3 Å². The van der Waals surface area contributed by atoms with Crippen molar-refractivity contribution in [3.8, 4) is 17.7 Å². The molecule has 198 valence electrons. The first-order chi connectivity index (χ1) is 18.7. The maximum atomic E-state index is 13.3. The van der Waals surface area contributed by atoms with Gasteiger partial charge < -0.3 is 9.84 Å². The molecule has 4 rings (SSSR count). The van der Waals surface area contributed by atoms with Gasteiger partial charge in [0.2, 0.25) is 5.88 Å². The number of pyridine rings is 1. The molecule has 2 aromatic carbocycles. The number of benzene rings is 2. The molecule has 0 atom stereocenters. The zero-order chi connectivity index (χ0) is 28.1. The van der Waals surface area contributed by atoms with Crippen LogP contribution in [0.2, 0.25) is 0 Å². The summed E-state index contributed by atoms with van der Waals surface area (Å²) in [6.45, 7) is 1.55. The second-order valence-corrected chi connectivity index (χ2v) is 10.5. The molecule has 1 saturated heterocycles. The molecule has 0 spiro atoms. The highest BCUT2D eigenvalue weighted by atomic mass is 32.2. The first kappa shape index (κ1) is 27.8. The number of Topliss-reactive ketones (excluding diaryl/α,β-unsaturated/α-hetero) is 1. The number of hydrogen-bond donors (Lipinski definition) is 1. The predicted molar refractivity (Wildman–Crippen MR) is 154 cm³/mol. The first-order valence-corrected chi connectivity index (χ1v) is 13.3. The average Bonchev–Trinajstić information content (AvgIpc) is 3.20. The van der Waals surface area contributed by atoms with Gasteiger partial charge in [0.15, 0.2) is 5.78 Å². The number of thioether (sulfide) groups is 1. The first-order valence-electron chi connectivity index (χ1n) is 12.1. The number of thiocarbonyl (C=S) groups is 1. The summed E-state index contributed by atoms with van der Waals surface area (Å²) in [5.41, 5.74) is 0.907. The van der Waals surface area contributed by atoms with Crippen LogP contribution < -0.4 is 10.3 Å². The largest absolute Gasteiger partial charge is 0.497 e. The lowest BCUT2D eigenvalue weighted by Gasteiger charge is -2.17. The quantitative estimate of drug-likeness (QED) is 0.232. The van der Waals surface area contributed by atoms with Gasteiger partial charge in [-0.1, -0.05) is 66.4 Å². The number of nitrogens with zero attached hydrogens (tertiary/aromatic N) is 3. The fraction of sp³-hybridized carbons (Fsp3) is 0.207. The van der Waals surface area contributed by atoms with Gasteiger partial charge in [-0.25, -0.2) is 0 Å². The summed E-state index contributed by atoms with van der Waals surface area (Å²) in [7, 11) is 1.57. The molecule has 0 unspecified atom stereocenters. The number of amides is 1. The number of carbonyl (C=O) groups excluding carboxylic acids is 2. The van der Waals surface area contributed by atoms with E-state index in [0.29, 0.717) is 21.4 Å². The summed E-state index contributed by atoms with van der Waals surface area (Å²) >= 11 is 6.53. The molecule has 1 aliphatic heterocycles. The van der Waals surface area contributed by atoms with Crippen molar-refractivity contribution in [2.45, 2.75) is 26.3 Å². The lowest BCUT2D eigenvalue weighted by molar-refractivity contribution is -0.122. The minimum absolute atomic E-state index is 0.00659. The minimum Gasteiger partial charge on any atom is -0.497 e. The van der Waals surface area contributed by atoms with Crippen molar-refractivity contribution < 1.29 is 19.4 Å². The van der Waals surface area contributed by atoms with Gasteiger partial charge in [-0.05, 0) is 48.2 Å². The van der Waals surface area contributed by atoms with E-state index in [-0.39, 0.29) is 42.1 Å². The molecule has 10 heteroatoms. The van der Waals surface area contributed by atoms with E-state index in [1.165, 1.54) is 11.8 Å². The van der Waals surface area contributed by atoms with E-state index in [1.807, 2.05) is 48.5 Å². The zero-order valence-corrected chi connectivity index (χ0v) is 23.0. The molecule has 1 aliphatic rings. The van der Waals surface area contributed by atoms with Crippen LogP contribution in [0.4, 0.5) is 0 Å². The SMILES string of the molecule is COc1ccc(/C=C2\SC(=S)N(CCC(=O)c3c(C)c(C#N)c(=O)n(CCc4ccccc4)c3O)C2=O)cc1. The number of aromatic hydroxyl groups is 1. The van der Waals surface area contributed by atoms with Crippen LogP contribution in [-0.2, 0) is 17.8 Å². The molecule has 1 N–H and O–H groups in total. The van der Waals surface area contributed by atoms with Crippen molar-refractivity contribution in [1.82, 2.24) is 9.47 Å². The molecule has 0 bridgehead atoms. The van der Waals surface area contributed by atoms with Crippen LogP contribution >= 0.6 is 24.0 Å².